The first-order valence-electron chi connectivity index (χ1n) is 8.91. The molecule has 1 atom stereocenters. The second-order valence-corrected chi connectivity index (χ2v) is 7.18. The van der Waals surface area contributed by atoms with Gasteiger partial charge < -0.3 is 15.2 Å². The Morgan fingerprint density at radius 1 is 1.04 bits per heavy atom. The third-order valence-corrected chi connectivity index (χ3v) is 4.85. The van der Waals surface area contributed by atoms with Crippen molar-refractivity contribution in [3.8, 4) is 16.9 Å². The molecule has 0 bridgehead atoms. The highest BCUT2D eigenvalue weighted by atomic mass is 35.5. The van der Waals surface area contributed by atoms with Gasteiger partial charge in [0.05, 0.1) is 19.2 Å². The van der Waals surface area contributed by atoms with Crippen LogP contribution in [0.3, 0.4) is 0 Å². The van der Waals surface area contributed by atoms with E-state index in [0.717, 1.165) is 11.1 Å². The quantitative estimate of drug-likeness (QED) is 0.638. The summed E-state index contributed by atoms with van der Waals surface area (Å²) in [4.78, 5) is 12.5. The van der Waals surface area contributed by atoms with E-state index in [2.05, 4.69) is 5.32 Å². The van der Waals surface area contributed by atoms with E-state index in [9.17, 15) is 9.90 Å². The van der Waals surface area contributed by atoms with Crippen LogP contribution in [0.4, 0.5) is 0 Å². The van der Waals surface area contributed by atoms with Crippen LogP contribution in [0.2, 0.25) is 5.02 Å². The third-order valence-electron chi connectivity index (χ3n) is 4.61. The monoisotopic (exact) mass is 395 g/mol. The van der Waals surface area contributed by atoms with Gasteiger partial charge in [-0.05, 0) is 41.8 Å². The number of halogens is 1. The number of ether oxygens (including phenoxy) is 1. The second-order valence-electron chi connectivity index (χ2n) is 6.74. The van der Waals surface area contributed by atoms with Crippen LogP contribution in [0.25, 0.3) is 11.1 Å². The number of hydrogen-bond donors (Lipinski definition) is 2. The van der Waals surface area contributed by atoms with Gasteiger partial charge in [-0.25, -0.2) is 0 Å². The van der Waals surface area contributed by atoms with E-state index in [1.807, 2.05) is 54.6 Å². The molecule has 0 saturated carbocycles. The Labute approximate surface area is 169 Å². The Morgan fingerprint density at radius 2 is 1.68 bits per heavy atom. The number of carbonyl (C=O) groups excluding carboxylic acids is 1. The summed E-state index contributed by atoms with van der Waals surface area (Å²) in [7, 11) is 1.49. The maximum atomic E-state index is 12.5. The van der Waals surface area contributed by atoms with Crippen LogP contribution in [0.1, 0.15) is 22.8 Å². The second kappa shape index (κ2) is 8.46. The Balaban J connectivity index is 1.72. The highest BCUT2D eigenvalue weighted by Crippen LogP contribution is 2.26. The van der Waals surface area contributed by atoms with Crippen molar-refractivity contribution in [1.29, 1.82) is 0 Å². The summed E-state index contributed by atoms with van der Waals surface area (Å²) in [5.74, 6) is 0.0642. The van der Waals surface area contributed by atoms with Gasteiger partial charge in [0.15, 0.2) is 0 Å². The van der Waals surface area contributed by atoms with Crippen LogP contribution in [-0.4, -0.2) is 24.7 Å². The molecule has 1 amide bonds. The molecule has 0 radical (unpaired) electrons. The fourth-order valence-corrected chi connectivity index (χ4v) is 3.13. The highest BCUT2D eigenvalue weighted by Gasteiger charge is 2.25. The van der Waals surface area contributed by atoms with Crippen molar-refractivity contribution in [3.63, 3.8) is 0 Å². The molecule has 0 aliphatic carbocycles. The maximum absolute atomic E-state index is 12.5. The van der Waals surface area contributed by atoms with Crippen molar-refractivity contribution in [3.05, 3.63) is 88.9 Å². The number of rotatable bonds is 6. The molecule has 0 fully saturated rings. The molecule has 0 aliphatic heterocycles. The minimum absolute atomic E-state index is 0.0478. The lowest BCUT2D eigenvalue weighted by Gasteiger charge is -2.25. The van der Waals surface area contributed by atoms with Gasteiger partial charge in [0.2, 0.25) is 0 Å². The molecule has 144 valence electrons. The highest BCUT2D eigenvalue weighted by molar-refractivity contribution is 6.31. The van der Waals surface area contributed by atoms with E-state index in [1.54, 1.807) is 25.1 Å². The molecule has 0 spiro atoms. The lowest BCUT2D eigenvalue weighted by atomic mass is 9.93. The molecule has 5 heteroatoms. The van der Waals surface area contributed by atoms with Crippen molar-refractivity contribution in [2.75, 3.05) is 13.7 Å². The zero-order valence-corrected chi connectivity index (χ0v) is 16.5. The predicted octanol–water partition coefficient (Wildman–Crippen LogP) is 4.65. The molecule has 0 saturated heterocycles. The Morgan fingerprint density at radius 3 is 2.32 bits per heavy atom. The van der Waals surface area contributed by atoms with E-state index < -0.39 is 5.60 Å². The first kappa shape index (κ1) is 19.9. The van der Waals surface area contributed by atoms with Crippen LogP contribution in [0, 0.1) is 0 Å². The summed E-state index contributed by atoms with van der Waals surface area (Å²) in [5.41, 5.74) is 1.98. The number of nitrogens with one attached hydrogen (secondary N) is 1. The first-order chi connectivity index (χ1) is 13.4. The Bertz CT molecular complexity index is 953. The zero-order chi connectivity index (χ0) is 20.1. The number of aliphatic hydroxyl groups is 1. The molecule has 3 aromatic carbocycles. The van der Waals surface area contributed by atoms with Crippen LogP contribution in [0.15, 0.2) is 72.8 Å². The third kappa shape index (κ3) is 4.53. The molecular formula is C23H22ClNO3. The van der Waals surface area contributed by atoms with Crippen LogP contribution in [-0.2, 0) is 5.60 Å². The predicted molar refractivity (Wildman–Crippen MR) is 112 cm³/mol. The molecule has 1 unspecified atom stereocenters. The zero-order valence-electron chi connectivity index (χ0n) is 15.8. The summed E-state index contributed by atoms with van der Waals surface area (Å²) < 4.78 is 5.21. The van der Waals surface area contributed by atoms with Gasteiger partial charge in [0, 0.05) is 5.02 Å². The normalized spacial score (nSPS) is 12.9. The van der Waals surface area contributed by atoms with Gasteiger partial charge in [0.25, 0.3) is 5.91 Å². The minimum atomic E-state index is -1.23. The number of benzene rings is 3. The first-order valence-corrected chi connectivity index (χ1v) is 9.28. The van der Waals surface area contributed by atoms with Crippen LogP contribution < -0.4 is 10.1 Å². The number of amides is 1. The van der Waals surface area contributed by atoms with Gasteiger partial charge in [0.1, 0.15) is 11.4 Å². The molecule has 4 nitrogen and oxygen atoms in total. The Kier molecular flexibility index (Phi) is 6.02. The smallest absolute Gasteiger partial charge is 0.255 e. The minimum Gasteiger partial charge on any atom is -0.496 e. The summed E-state index contributed by atoms with van der Waals surface area (Å²) >= 11 is 5.98. The summed E-state index contributed by atoms with van der Waals surface area (Å²) in [6.45, 7) is 1.71. The summed E-state index contributed by atoms with van der Waals surface area (Å²) in [6, 6.07) is 22.5. The number of hydrogen-bond acceptors (Lipinski definition) is 3. The molecule has 0 aromatic heterocycles. The van der Waals surface area contributed by atoms with Crippen molar-refractivity contribution < 1.29 is 14.6 Å². The Hall–Kier alpha value is -2.82. The van der Waals surface area contributed by atoms with Crippen LogP contribution in [0.5, 0.6) is 5.75 Å². The summed E-state index contributed by atoms with van der Waals surface area (Å²) in [6.07, 6.45) is 0. The fraction of sp³-hybridized carbons (Fsp3) is 0.174. The van der Waals surface area contributed by atoms with E-state index in [-0.39, 0.29) is 12.5 Å². The molecule has 3 aromatic rings. The largest absolute Gasteiger partial charge is 0.496 e. The van der Waals surface area contributed by atoms with Gasteiger partial charge in [-0.1, -0.05) is 66.2 Å². The summed E-state index contributed by atoms with van der Waals surface area (Å²) in [5, 5.41) is 14.0. The van der Waals surface area contributed by atoms with E-state index in [1.165, 1.54) is 7.11 Å². The molecule has 0 heterocycles. The average Bonchev–Trinajstić information content (AvgIpc) is 2.73. The lowest BCUT2D eigenvalue weighted by molar-refractivity contribution is 0.0525. The SMILES string of the molecule is COc1ccc(Cl)cc1C(=O)NCC(C)(O)c1ccc(-c2ccccc2)cc1. The molecular weight excluding hydrogens is 374 g/mol. The van der Waals surface area contributed by atoms with Gasteiger partial charge in [-0.2, -0.15) is 0 Å². The lowest BCUT2D eigenvalue weighted by Crippen LogP contribution is -2.38. The molecule has 0 aliphatic rings. The molecule has 3 rings (SSSR count). The van der Waals surface area contributed by atoms with E-state index in [0.29, 0.717) is 21.9 Å². The topological polar surface area (TPSA) is 58.6 Å². The van der Waals surface area contributed by atoms with Crippen LogP contribution >= 0.6 is 11.6 Å². The molecule has 28 heavy (non-hydrogen) atoms. The van der Waals surface area contributed by atoms with E-state index >= 15 is 0 Å². The molecule has 2 N–H and O–H groups in total. The van der Waals surface area contributed by atoms with Crippen molar-refractivity contribution in [1.82, 2.24) is 5.32 Å². The number of methoxy groups -OCH3 is 1. The van der Waals surface area contributed by atoms with Crippen molar-refractivity contribution in [2.45, 2.75) is 12.5 Å². The fourth-order valence-electron chi connectivity index (χ4n) is 2.96. The van der Waals surface area contributed by atoms with Gasteiger partial charge >= 0.3 is 0 Å². The van der Waals surface area contributed by atoms with Crippen molar-refractivity contribution >= 4 is 17.5 Å². The number of carbonyl (C=O) groups is 1. The standard InChI is InChI=1S/C23H22ClNO3/c1-23(27,15-25-22(26)20-14-19(24)12-13-21(20)28-2)18-10-8-17(9-11-18)16-6-4-3-5-7-16/h3-14,27H,15H2,1-2H3,(H,25,26). The van der Waals surface area contributed by atoms with Crippen molar-refractivity contribution in [2.24, 2.45) is 0 Å². The van der Waals surface area contributed by atoms with E-state index in [4.69, 9.17) is 16.3 Å². The maximum Gasteiger partial charge on any atom is 0.255 e. The van der Waals surface area contributed by atoms with Gasteiger partial charge in [-0.15, -0.1) is 0 Å². The average molecular weight is 396 g/mol. The van der Waals surface area contributed by atoms with Gasteiger partial charge in [-0.3, -0.25) is 4.79 Å².